The molecule has 0 bridgehead atoms. The lowest BCUT2D eigenvalue weighted by atomic mass is 9.81. The average Bonchev–Trinajstić information content (AvgIpc) is 3.13. The molecule has 3 rings (SSSR count). The van der Waals surface area contributed by atoms with Gasteiger partial charge in [-0.2, -0.15) is 0 Å². The summed E-state index contributed by atoms with van der Waals surface area (Å²) in [5.41, 5.74) is 2.21. The highest BCUT2D eigenvalue weighted by Crippen LogP contribution is 2.30. The van der Waals surface area contributed by atoms with Gasteiger partial charge in [-0.05, 0) is 54.5 Å². The van der Waals surface area contributed by atoms with E-state index in [-0.39, 0.29) is 5.91 Å². The minimum atomic E-state index is -0.124. The van der Waals surface area contributed by atoms with Crippen molar-refractivity contribution in [2.24, 2.45) is 11.8 Å². The number of aromatic nitrogens is 1. The number of halogens is 1. The summed E-state index contributed by atoms with van der Waals surface area (Å²) in [5, 5.41) is 4.83. The highest BCUT2D eigenvalue weighted by Gasteiger charge is 2.21. The van der Waals surface area contributed by atoms with E-state index in [1.54, 1.807) is 0 Å². The zero-order valence-corrected chi connectivity index (χ0v) is 18.4. The van der Waals surface area contributed by atoms with E-state index >= 15 is 0 Å². The number of fused-ring (bicyclic) bond motifs is 1. The van der Waals surface area contributed by atoms with Gasteiger partial charge < -0.3 is 15.0 Å². The molecule has 1 aromatic carbocycles. The third kappa shape index (κ3) is 6.02. The van der Waals surface area contributed by atoms with Crippen molar-refractivity contribution in [2.45, 2.75) is 58.8 Å². The van der Waals surface area contributed by atoms with Crippen molar-refractivity contribution in [3.8, 4) is 0 Å². The predicted octanol–water partition coefficient (Wildman–Crippen LogP) is 6.01. The molecule has 29 heavy (non-hydrogen) atoms. The van der Waals surface area contributed by atoms with Gasteiger partial charge in [0, 0.05) is 28.7 Å². The number of carbonyl (C=O) groups excluding carboxylic acids is 1. The number of aromatic amines is 1. The number of carbonyl (C=O) groups is 1. The first-order valence-electron chi connectivity index (χ1n) is 10.9. The molecule has 2 N–H and O–H groups in total. The molecule has 1 amide bonds. The van der Waals surface area contributed by atoms with Crippen LogP contribution in [0, 0.1) is 11.8 Å². The number of hydrogen-bond donors (Lipinski definition) is 2. The number of ether oxygens (including phenoxy) is 1. The molecule has 0 spiro atoms. The molecule has 1 saturated carbocycles. The third-order valence-electron chi connectivity index (χ3n) is 5.98. The van der Waals surface area contributed by atoms with Gasteiger partial charge in [0.05, 0.1) is 6.61 Å². The molecule has 1 atom stereocenters. The lowest BCUT2D eigenvalue weighted by Gasteiger charge is -2.27. The van der Waals surface area contributed by atoms with Gasteiger partial charge in [-0.25, -0.2) is 0 Å². The van der Waals surface area contributed by atoms with Crippen LogP contribution in [0.1, 0.15) is 57.9 Å². The van der Waals surface area contributed by atoms with Crippen LogP contribution in [-0.4, -0.2) is 24.0 Å². The molecule has 0 saturated heterocycles. The van der Waals surface area contributed by atoms with Crippen molar-refractivity contribution in [1.29, 1.82) is 0 Å². The number of H-pyrrole nitrogens is 1. The average molecular weight is 417 g/mol. The summed E-state index contributed by atoms with van der Waals surface area (Å²) in [6, 6.07) is 5.81. The van der Waals surface area contributed by atoms with Gasteiger partial charge >= 0.3 is 0 Å². The SMILES string of the molecule is CC/C=C(/OCC(C)C1CCCCC1)C(=O)NCCc1c[nH]c2ccc(Cl)cc12. The maximum Gasteiger partial charge on any atom is 0.286 e. The molecule has 4 nitrogen and oxygen atoms in total. The number of amides is 1. The highest BCUT2D eigenvalue weighted by atomic mass is 35.5. The number of nitrogens with one attached hydrogen (secondary N) is 2. The Morgan fingerprint density at radius 3 is 2.90 bits per heavy atom. The third-order valence-corrected chi connectivity index (χ3v) is 6.21. The summed E-state index contributed by atoms with van der Waals surface area (Å²) in [5.74, 6) is 1.54. The number of rotatable bonds is 9. The van der Waals surface area contributed by atoms with Gasteiger partial charge in [0.25, 0.3) is 5.91 Å². The van der Waals surface area contributed by atoms with Crippen LogP contribution in [0.4, 0.5) is 0 Å². The summed E-state index contributed by atoms with van der Waals surface area (Å²) < 4.78 is 5.96. The quantitative estimate of drug-likeness (QED) is 0.388. The van der Waals surface area contributed by atoms with Crippen LogP contribution in [0.3, 0.4) is 0 Å². The fraction of sp³-hybridized carbons (Fsp3) is 0.542. The van der Waals surface area contributed by atoms with Crippen LogP contribution in [0.5, 0.6) is 0 Å². The Hall–Kier alpha value is -1.94. The van der Waals surface area contributed by atoms with Crippen LogP contribution in [0.2, 0.25) is 5.02 Å². The van der Waals surface area contributed by atoms with E-state index in [1.807, 2.05) is 37.4 Å². The Morgan fingerprint density at radius 2 is 2.14 bits per heavy atom. The van der Waals surface area contributed by atoms with Crippen LogP contribution in [0.25, 0.3) is 10.9 Å². The van der Waals surface area contributed by atoms with Gasteiger partial charge in [-0.3, -0.25) is 4.79 Å². The second-order valence-corrected chi connectivity index (χ2v) is 8.61. The highest BCUT2D eigenvalue weighted by molar-refractivity contribution is 6.31. The van der Waals surface area contributed by atoms with Crippen molar-refractivity contribution < 1.29 is 9.53 Å². The Balaban J connectivity index is 1.50. The largest absolute Gasteiger partial charge is 0.488 e. The molecule has 2 aromatic rings. The summed E-state index contributed by atoms with van der Waals surface area (Å²) in [7, 11) is 0. The molecule has 0 aliphatic heterocycles. The van der Waals surface area contributed by atoms with Gasteiger partial charge in [0.15, 0.2) is 5.76 Å². The Morgan fingerprint density at radius 1 is 1.34 bits per heavy atom. The maximum atomic E-state index is 12.6. The van der Waals surface area contributed by atoms with E-state index in [4.69, 9.17) is 16.3 Å². The van der Waals surface area contributed by atoms with E-state index in [0.717, 1.165) is 40.2 Å². The molecule has 1 fully saturated rings. The summed E-state index contributed by atoms with van der Waals surface area (Å²) in [6.45, 7) is 5.45. The molecule has 5 heteroatoms. The first-order chi connectivity index (χ1) is 14.1. The number of allylic oxidation sites excluding steroid dienone is 1. The van der Waals surface area contributed by atoms with E-state index in [0.29, 0.717) is 24.8 Å². The van der Waals surface area contributed by atoms with Crippen molar-refractivity contribution in [3.05, 3.63) is 46.8 Å². The van der Waals surface area contributed by atoms with E-state index in [9.17, 15) is 4.79 Å². The van der Waals surface area contributed by atoms with Crippen molar-refractivity contribution >= 4 is 28.4 Å². The zero-order valence-electron chi connectivity index (χ0n) is 17.6. The first-order valence-corrected chi connectivity index (χ1v) is 11.3. The lowest BCUT2D eigenvalue weighted by Crippen LogP contribution is -2.29. The fourth-order valence-corrected chi connectivity index (χ4v) is 4.39. The molecular weight excluding hydrogens is 384 g/mol. The fourth-order valence-electron chi connectivity index (χ4n) is 4.22. The molecular formula is C24H33ClN2O2. The normalized spacial score (nSPS) is 16.7. The predicted molar refractivity (Wildman–Crippen MR) is 120 cm³/mol. The van der Waals surface area contributed by atoms with E-state index < -0.39 is 0 Å². The molecule has 1 heterocycles. The molecule has 1 aromatic heterocycles. The van der Waals surface area contributed by atoms with Crippen LogP contribution in [0.15, 0.2) is 36.2 Å². The van der Waals surface area contributed by atoms with Gasteiger partial charge in [0.1, 0.15) is 0 Å². The van der Waals surface area contributed by atoms with Crippen LogP contribution < -0.4 is 5.32 Å². The van der Waals surface area contributed by atoms with E-state index in [1.165, 1.54) is 32.1 Å². The summed E-state index contributed by atoms with van der Waals surface area (Å²) >= 11 is 6.12. The standard InChI is InChI=1S/C24H33ClN2O2/c1-3-7-23(29-16-17(2)18-8-5-4-6-9-18)24(28)26-13-12-19-15-27-22-11-10-20(25)14-21(19)22/h7,10-11,14-15,17-18,27H,3-6,8-9,12-13,16H2,1-2H3,(H,26,28)/b23-7+. The lowest BCUT2D eigenvalue weighted by molar-refractivity contribution is -0.121. The van der Waals surface area contributed by atoms with Crippen molar-refractivity contribution in [3.63, 3.8) is 0 Å². The van der Waals surface area contributed by atoms with Crippen molar-refractivity contribution in [2.75, 3.05) is 13.2 Å². The second kappa shape index (κ2) is 10.7. The molecule has 0 radical (unpaired) electrons. The summed E-state index contributed by atoms with van der Waals surface area (Å²) in [6.07, 6.45) is 12.0. The summed E-state index contributed by atoms with van der Waals surface area (Å²) in [4.78, 5) is 15.9. The van der Waals surface area contributed by atoms with Gasteiger partial charge in [-0.1, -0.05) is 57.6 Å². The monoisotopic (exact) mass is 416 g/mol. The second-order valence-electron chi connectivity index (χ2n) is 8.17. The smallest absolute Gasteiger partial charge is 0.286 e. The number of benzene rings is 1. The molecule has 1 aliphatic rings. The molecule has 1 aliphatic carbocycles. The Labute approximate surface area is 179 Å². The minimum Gasteiger partial charge on any atom is -0.488 e. The van der Waals surface area contributed by atoms with Gasteiger partial charge in [0.2, 0.25) is 0 Å². The zero-order chi connectivity index (χ0) is 20.6. The number of hydrogen-bond acceptors (Lipinski definition) is 2. The van der Waals surface area contributed by atoms with E-state index in [2.05, 4.69) is 17.2 Å². The van der Waals surface area contributed by atoms with Crippen molar-refractivity contribution in [1.82, 2.24) is 10.3 Å². The molecule has 158 valence electrons. The van der Waals surface area contributed by atoms with Crippen LogP contribution >= 0.6 is 11.6 Å². The minimum absolute atomic E-state index is 0.124. The molecule has 1 unspecified atom stereocenters. The topological polar surface area (TPSA) is 54.1 Å². The van der Waals surface area contributed by atoms with Gasteiger partial charge in [-0.15, -0.1) is 0 Å². The van der Waals surface area contributed by atoms with Crippen LogP contribution in [-0.2, 0) is 16.0 Å². The Kier molecular flexibility index (Phi) is 8.05. The Bertz CT molecular complexity index is 837. The maximum absolute atomic E-state index is 12.6. The first kappa shape index (κ1) is 21.8.